The summed E-state index contributed by atoms with van der Waals surface area (Å²) in [7, 11) is 0. The number of aromatic hydroxyl groups is 1. The maximum absolute atomic E-state index is 12.9. The molecule has 3 unspecified atom stereocenters. The van der Waals surface area contributed by atoms with Gasteiger partial charge in [-0.3, -0.25) is 4.79 Å². The van der Waals surface area contributed by atoms with E-state index in [9.17, 15) is 19.8 Å². The highest BCUT2D eigenvalue weighted by molar-refractivity contribution is 5.72. The predicted octanol–water partition coefficient (Wildman–Crippen LogP) is 5.53. The third-order valence-corrected chi connectivity index (χ3v) is 6.10. The fourth-order valence-corrected chi connectivity index (χ4v) is 4.02. The van der Waals surface area contributed by atoms with Gasteiger partial charge < -0.3 is 19.4 Å². The van der Waals surface area contributed by atoms with Gasteiger partial charge in [0.15, 0.2) is 0 Å². The van der Waals surface area contributed by atoms with Crippen LogP contribution in [0, 0.1) is 5.92 Å². The molecule has 1 heterocycles. The van der Waals surface area contributed by atoms with E-state index in [1.165, 1.54) is 0 Å². The lowest BCUT2D eigenvalue weighted by atomic mass is 9.83. The smallest absolute Gasteiger partial charge is 0.345 e. The number of esters is 1. The minimum atomic E-state index is -0.801. The van der Waals surface area contributed by atoms with E-state index in [2.05, 4.69) is 13.8 Å². The zero-order chi connectivity index (χ0) is 24.5. The molecule has 1 aromatic heterocycles. The fourth-order valence-electron chi connectivity index (χ4n) is 4.02. The molecule has 0 spiro atoms. The Labute approximate surface area is 199 Å². The van der Waals surface area contributed by atoms with Crippen molar-refractivity contribution in [2.75, 3.05) is 0 Å². The van der Waals surface area contributed by atoms with E-state index in [1.54, 1.807) is 0 Å². The summed E-state index contributed by atoms with van der Waals surface area (Å²) >= 11 is 0. The molecule has 34 heavy (non-hydrogen) atoms. The van der Waals surface area contributed by atoms with Crippen molar-refractivity contribution >= 4 is 5.97 Å². The molecule has 3 aromatic rings. The number of carbonyl (C=O) groups is 1. The van der Waals surface area contributed by atoms with E-state index < -0.39 is 23.6 Å². The van der Waals surface area contributed by atoms with Gasteiger partial charge in [0, 0.05) is 0 Å². The molecular weight excluding hydrogens is 432 g/mol. The molecule has 0 aliphatic carbocycles. The Bertz CT molecular complexity index is 1110. The normalized spacial score (nSPS) is 13.7. The van der Waals surface area contributed by atoms with Crippen molar-refractivity contribution in [1.29, 1.82) is 0 Å². The number of carbonyl (C=O) groups excluding carboxylic acids is 1. The van der Waals surface area contributed by atoms with Gasteiger partial charge in [0.05, 0.1) is 24.2 Å². The number of aliphatic hydroxyl groups excluding tert-OH is 1. The molecule has 0 fully saturated rings. The second-order valence-corrected chi connectivity index (χ2v) is 8.72. The first kappa shape index (κ1) is 25.2. The molecule has 6 heteroatoms. The summed E-state index contributed by atoms with van der Waals surface area (Å²) in [5, 5.41) is 21.5. The van der Waals surface area contributed by atoms with Gasteiger partial charge in [-0.25, -0.2) is 4.79 Å². The van der Waals surface area contributed by atoms with Gasteiger partial charge in [0.2, 0.25) is 0 Å². The van der Waals surface area contributed by atoms with Crippen molar-refractivity contribution in [3.05, 3.63) is 93.8 Å². The molecule has 3 atom stereocenters. The molecule has 0 saturated heterocycles. The maximum atomic E-state index is 12.9. The second kappa shape index (κ2) is 12.2. The molecule has 3 rings (SSSR count). The van der Waals surface area contributed by atoms with Gasteiger partial charge in [-0.05, 0) is 42.2 Å². The average molecular weight is 465 g/mol. The van der Waals surface area contributed by atoms with Gasteiger partial charge >= 0.3 is 11.6 Å². The fraction of sp³-hybridized carbons (Fsp3) is 0.357. The summed E-state index contributed by atoms with van der Waals surface area (Å²) < 4.78 is 10.4. The maximum Gasteiger partial charge on any atom is 0.345 e. The number of aliphatic hydroxyl groups is 1. The average Bonchev–Trinajstić information content (AvgIpc) is 2.83. The molecule has 0 aliphatic rings. The van der Waals surface area contributed by atoms with Gasteiger partial charge in [0.1, 0.15) is 5.75 Å². The highest BCUT2D eigenvalue weighted by Crippen LogP contribution is 2.37. The van der Waals surface area contributed by atoms with Crippen LogP contribution in [0.4, 0.5) is 0 Å². The van der Waals surface area contributed by atoms with Crippen LogP contribution in [-0.2, 0) is 11.2 Å². The molecule has 2 aromatic carbocycles. The first-order valence-corrected chi connectivity index (χ1v) is 11.7. The summed E-state index contributed by atoms with van der Waals surface area (Å²) in [4.78, 5) is 25.1. The van der Waals surface area contributed by atoms with E-state index >= 15 is 0 Å². The van der Waals surface area contributed by atoms with Crippen molar-refractivity contribution in [2.24, 2.45) is 5.92 Å². The number of benzene rings is 2. The van der Waals surface area contributed by atoms with Crippen molar-refractivity contribution in [3.63, 3.8) is 0 Å². The first-order valence-electron chi connectivity index (χ1n) is 11.7. The molecule has 0 aliphatic heterocycles. The van der Waals surface area contributed by atoms with Crippen molar-refractivity contribution in [3.8, 4) is 11.7 Å². The zero-order valence-corrected chi connectivity index (χ0v) is 19.6. The summed E-state index contributed by atoms with van der Waals surface area (Å²) in [6.07, 6.45) is 1.53. The Balaban J connectivity index is 1.76. The van der Waals surface area contributed by atoms with Crippen LogP contribution in [0.1, 0.15) is 68.2 Å². The van der Waals surface area contributed by atoms with Gasteiger partial charge in [-0.1, -0.05) is 80.9 Å². The zero-order valence-electron chi connectivity index (χ0n) is 19.6. The number of hydrogen-bond donors (Lipinski definition) is 2. The van der Waals surface area contributed by atoms with Crippen molar-refractivity contribution in [1.82, 2.24) is 0 Å². The summed E-state index contributed by atoms with van der Waals surface area (Å²) in [6, 6.07) is 19.9. The Morgan fingerprint density at radius 2 is 1.68 bits per heavy atom. The SMILES string of the molecule is CCC(C)CC(CC(O)c1ccccc1)c1c(O)cc(OC(=O)CCc2ccccc2)oc1=O. The van der Waals surface area contributed by atoms with Crippen LogP contribution in [0.2, 0.25) is 0 Å². The van der Waals surface area contributed by atoms with E-state index in [-0.39, 0.29) is 36.0 Å². The molecular formula is C28H32O6. The van der Waals surface area contributed by atoms with E-state index in [0.29, 0.717) is 12.8 Å². The lowest BCUT2D eigenvalue weighted by molar-refractivity contribution is -0.135. The third kappa shape index (κ3) is 7.06. The van der Waals surface area contributed by atoms with Crippen LogP contribution >= 0.6 is 0 Å². The quantitative estimate of drug-likeness (QED) is 0.362. The predicted molar refractivity (Wildman–Crippen MR) is 130 cm³/mol. The molecule has 2 N–H and O–H groups in total. The minimum Gasteiger partial charge on any atom is -0.507 e. The Morgan fingerprint density at radius 3 is 2.29 bits per heavy atom. The number of ether oxygens (including phenoxy) is 1. The van der Waals surface area contributed by atoms with Crippen LogP contribution in [0.5, 0.6) is 11.7 Å². The summed E-state index contributed by atoms with van der Waals surface area (Å²) in [5.74, 6) is -1.35. The highest BCUT2D eigenvalue weighted by atomic mass is 16.6. The molecule has 0 bridgehead atoms. The standard InChI is InChI=1S/C28H32O6/c1-3-19(2)16-22(17-23(29)21-12-8-5-9-13-21)27-24(30)18-26(34-28(27)32)33-25(31)15-14-20-10-6-4-7-11-20/h4-13,18-19,22-23,29-30H,3,14-17H2,1-2H3. The van der Waals surface area contributed by atoms with Gasteiger partial charge in [0.25, 0.3) is 5.95 Å². The molecule has 6 nitrogen and oxygen atoms in total. The lowest BCUT2D eigenvalue weighted by Crippen LogP contribution is -2.19. The topological polar surface area (TPSA) is 97.0 Å². The summed E-state index contributed by atoms with van der Waals surface area (Å²) in [6.45, 7) is 4.11. The molecule has 0 saturated carbocycles. The van der Waals surface area contributed by atoms with E-state index in [4.69, 9.17) is 9.15 Å². The van der Waals surface area contributed by atoms with Crippen LogP contribution in [0.25, 0.3) is 0 Å². The van der Waals surface area contributed by atoms with Crippen LogP contribution < -0.4 is 10.4 Å². The van der Waals surface area contributed by atoms with E-state index in [1.807, 2.05) is 60.7 Å². The van der Waals surface area contributed by atoms with Crippen molar-refractivity contribution in [2.45, 2.75) is 58.0 Å². The number of hydrogen-bond acceptors (Lipinski definition) is 6. The van der Waals surface area contributed by atoms with Crippen molar-refractivity contribution < 1.29 is 24.2 Å². The Kier molecular flexibility index (Phi) is 9.05. The van der Waals surface area contributed by atoms with Crippen LogP contribution in [0.15, 0.2) is 75.9 Å². The second-order valence-electron chi connectivity index (χ2n) is 8.72. The number of aryl methyl sites for hydroxylation is 1. The highest BCUT2D eigenvalue weighted by Gasteiger charge is 2.27. The molecule has 0 radical (unpaired) electrons. The summed E-state index contributed by atoms with van der Waals surface area (Å²) in [5.41, 5.74) is 1.06. The largest absolute Gasteiger partial charge is 0.507 e. The Hall–Kier alpha value is -3.38. The lowest BCUT2D eigenvalue weighted by Gasteiger charge is -2.23. The van der Waals surface area contributed by atoms with Gasteiger partial charge in [-0.2, -0.15) is 0 Å². The number of rotatable bonds is 11. The molecule has 0 amide bonds. The van der Waals surface area contributed by atoms with Gasteiger partial charge in [-0.15, -0.1) is 0 Å². The van der Waals surface area contributed by atoms with Crippen LogP contribution in [-0.4, -0.2) is 16.2 Å². The van der Waals surface area contributed by atoms with Crippen LogP contribution in [0.3, 0.4) is 0 Å². The third-order valence-electron chi connectivity index (χ3n) is 6.10. The first-order chi connectivity index (χ1) is 16.4. The monoisotopic (exact) mass is 464 g/mol. The Morgan fingerprint density at radius 1 is 1.03 bits per heavy atom. The minimum absolute atomic E-state index is 0.0966. The molecule has 180 valence electrons. The van der Waals surface area contributed by atoms with E-state index in [0.717, 1.165) is 23.6 Å².